The number of anilines is 1. The maximum Gasteiger partial charge on any atom is 0.420 e. The molecule has 1 amide bonds. The lowest BCUT2D eigenvalue weighted by Crippen LogP contribution is -2.30. The highest BCUT2D eigenvalue weighted by molar-refractivity contribution is 7.89. The number of rotatable bonds is 6. The minimum atomic E-state index is -5.45. The lowest BCUT2D eigenvalue weighted by atomic mass is 9.98. The number of ether oxygens (including phenoxy) is 1. The number of amides is 1. The maximum atomic E-state index is 14.0. The summed E-state index contributed by atoms with van der Waals surface area (Å²) in [6.07, 6.45) is -9.40. The van der Waals surface area contributed by atoms with Crippen molar-refractivity contribution in [1.29, 1.82) is 0 Å². The van der Waals surface area contributed by atoms with Crippen LogP contribution in [-0.2, 0) is 22.4 Å². The molecular formula is C23H17F7N6O4S. The molecule has 0 radical (unpaired) electrons. The Labute approximate surface area is 226 Å². The lowest BCUT2D eigenvalue weighted by molar-refractivity contribution is -0.143. The summed E-state index contributed by atoms with van der Waals surface area (Å²) in [6.45, 7) is 0. The van der Waals surface area contributed by atoms with Crippen molar-refractivity contribution in [2.24, 2.45) is 15.9 Å². The van der Waals surface area contributed by atoms with E-state index in [1.165, 1.54) is 0 Å². The summed E-state index contributed by atoms with van der Waals surface area (Å²) in [6, 6.07) is 4.13. The van der Waals surface area contributed by atoms with Gasteiger partial charge >= 0.3 is 18.4 Å². The largest absolute Gasteiger partial charge is 0.420 e. The normalized spacial score (nSPS) is 13.0. The second-order valence-corrected chi connectivity index (χ2v) is 9.45. The topological polar surface area (TPSA) is 154 Å². The van der Waals surface area contributed by atoms with Crippen LogP contribution in [0.1, 0.15) is 16.7 Å². The van der Waals surface area contributed by atoms with Gasteiger partial charge in [-0.3, -0.25) is 4.90 Å². The molecule has 0 saturated heterocycles. The van der Waals surface area contributed by atoms with Gasteiger partial charge in [-0.2, -0.15) is 26.3 Å². The summed E-state index contributed by atoms with van der Waals surface area (Å²) in [7, 11) is -3.16. The van der Waals surface area contributed by atoms with E-state index in [0.717, 1.165) is 37.5 Å². The molecule has 0 fully saturated rings. The van der Waals surface area contributed by atoms with Gasteiger partial charge in [0.15, 0.2) is 16.6 Å². The maximum absolute atomic E-state index is 14.0. The third-order valence-electron chi connectivity index (χ3n) is 5.13. The molecule has 0 aliphatic heterocycles. The molecule has 3 aromatic rings. The van der Waals surface area contributed by atoms with Crippen molar-refractivity contribution in [2.45, 2.75) is 17.4 Å². The number of alkyl halides is 6. The zero-order valence-corrected chi connectivity index (χ0v) is 21.2. The van der Waals surface area contributed by atoms with Crippen LogP contribution in [0.2, 0.25) is 0 Å². The van der Waals surface area contributed by atoms with E-state index in [2.05, 4.69) is 15.0 Å². The number of sulfonamides is 1. The van der Waals surface area contributed by atoms with Crippen LogP contribution in [-0.4, -0.2) is 37.7 Å². The van der Waals surface area contributed by atoms with Gasteiger partial charge in [-0.15, -0.1) is 0 Å². The van der Waals surface area contributed by atoms with Crippen molar-refractivity contribution >= 4 is 39.4 Å². The monoisotopic (exact) mass is 606 g/mol. The Balaban J connectivity index is 2.15. The smallest absolute Gasteiger partial charge is 0.409 e. The van der Waals surface area contributed by atoms with E-state index < -0.39 is 67.3 Å². The van der Waals surface area contributed by atoms with Gasteiger partial charge in [-0.05, 0) is 36.4 Å². The number of halogens is 7. The lowest BCUT2D eigenvalue weighted by Gasteiger charge is -2.22. The molecule has 1 aromatic heterocycles. The molecule has 41 heavy (non-hydrogen) atoms. The first-order chi connectivity index (χ1) is 18.9. The quantitative estimate of drug-likeness (QED) is 0.306. The fourth-order valence-corrected chi connectivity index (χ4v) is 3.51. The molecular weight excluding hydrogens is 589 g/mol. The van der Waals surface area contributed by atoms with E-state index in [0.29, 0.717) is 23.5 Å². The van der Waals surface area contributed by atoms with Crippen LogP contribution in [0.3, 0.4) is 0 Å². The van der Waals surface area contributed by atoms with Gasteiger partial charge in [0.2, 0.25) is 0 Å². The first kappa shape index (κ1) is 31.0. The average molecular weight is 606 g/mol. The van der Waals surface area contributed by atoms with Crippen molar-refractivity contribution in [3.63, 3.8) is 0 Å². The van der Waals surface area contributed by atoms with Gasteiger partial charge in [-0.25, -0.2) is 37.7 Å². The number of allylic oxidation sites excluding steroid dienone is 1. The number of primary sulfonamides is 1. The summed E-state index contributed by atoms with van der Waals surface area (Å²) >= 11 is 0. The van der Waals surface area contributed by atoms with Crippen LogP contribution in [0.25, 0.3) is 5.57 Å². The molecule has 4 N–H and O–H groups in total. The molecule has 1 heterocycles. The number of aliphatic imine (C=N–C) groups is 1. The summed E-state index contributed by atoms with van der Waals surface area (Å²) in [4.78, 5) is 24.3. The molecule has 10 nitrogen and oxygen atoms in total. The number of hydrogen-bond acceptors (Lipinski definition) is 8. The molecule has 0 spiro atoms. The highest BCUT2D eigenvalue weighted by Gasteiger charge is 2.41. The van der Waals surface area contributed by atoms with E-state index in [9.17, 15) is 43.9 Å². The van der Waals surface area contributed by atoms with Gasteiger partial charge in [0.25, 0.3) is 10.0 Å². The highest BCUT2D eigenvalue weighted by atomic mass is 32.2. The zero-order valence-electron chi connectivity index (χ0n) is 20.4. The molecule has 0 aliphatic carbocycles. The number of nitrogens with zero attached hydrogens (tertiary/aromatic N) is 4. The molecule has 0 atom stereocenters. The van der Waals surface area contributed by atoms with Gasteiger partial charge in [-0.1, -0.05) is 0 Å². The van der Waals surface area contributed by atoms with Crippen LogP contribution < -0.4 is 20.5 Å². The Morgan fingerprint density at radius 3 is 2.15 bits per heavy atom. The van der Waals surface area contributed by atoms with E-state index in [1.54, 1.807) is 0 Å². The van der Waals surface area contributed by atoms with E-state index >= 15 is 0 Å². The summed E-state index contributed by atoms with van der Waals surface area (Å²) in [5.74, 6) is -2.36. The third kappa shape index (κ3) is 7.54. The first-order valence-electron chi connectivity index (χ1n) is 10.8. The van der Waals surface area contributed by atoms with Crippen molar-refractivity contribution in [1.82, 2.24) is 9.97 Å². The highest BCUT2D eigenvalue weighted by Crippen LogP contribution is 2.44. The Hall–Kier alpha value is -4.58. The van der Waals surface area contributed by atoms with Gasteiger partial charge < -0.3 is 10.5 Å². The van der Waals surface area contributed by atoms with Crippen LogP contribution in [0.5, 0.6) is 5.75 Å². The number of nitrogens with two attached hydrogens (primary N) is 2. The fourth-order valence-electron chi connectivity index (χ4n) is 3.11. The van der Waals surface area contributed by atoms with Gasteiger partial charge in [0.05, 0.1) is 23.5 Å². The Morgan fingerprint density at radius 1 is 1.02 bits per heavy atom. The Bertz CT molecular complexity index is 1610. The van der Waals surface area contributed by atoms with Crippen molar-refractivity contribution in [3.8, 4) is 5.75 Å². The minimum absolute atomic E-state index is 0.0175. The van der Waals surface area contributed by atoms with Crippen LogP contribution in [0.4, 0.5) is 47.0 Å². The van der Waals surface area contributed by atoms with Crippen molar-refractivity contribution in [3.05, 3.63) is 77.5 Å². The minimum Gasteiger partial charge on any atom is -0.409 e. The Kier molecular flexibility index (Phi) is 8.68. The molecule has 0 aliphatic rings. The Morgan fingerprint density at radius 2 is 1.66 bits per heavy atom. The second kappa shape index (κ2) is 11.5. The molecule has 0 bridgehead atoms. The molecule has 2 aromatic carbocycles. The number of carbonyl (C=O) groups is 1. The molecule has 3 rings (SSSR count). The van der Waals surface area contributed by atoms with Crippen LogP contribution in [0, 0.1) is 5.82 Å². The summed E-state index contributed by atoms with van der Waals surface area (Å²) in [5, 5.41) is 4.27. The number of hydrogen-bond donors (Lipinski definition) is 2. The first-order valence-corrected chi connectivity index (χ1v) is 12.3. The molecule has 0 saturated carbocycles. The molecule has 0 unspecified atom stereocenters. The number of benzene rings is 2. The van der Waals surface area contributed by atoms with Gasteiger partial charge in [0, 0.05) is 36.3 Å². The van der Waals surface area contributed by atoms with E-state index in [1.807, 2.05) is 0 Å². The predicted molar refractivity (Wildman–Crippen MR) is 131 cm³/mol. The summed E-state index contributed by atoms with van der Waals surface area (Å²) < 4.78 is 124. The number of aromatic nitrogens is 2. The number of carbonyl (C=O) groups excluding carboxylic acids is 1. The summed E-state index contributed by atoms with van der Waals surface area (Å²) in [5.41, 5.74) is 0.236. The molecule has 18 heteroatoms. The van der Waals surface area contributed by atoms with Crippen molar-refractivity contribution in [2.75, 3.05) is 11.9 Å². The third-order valence-corrected chi connectivity index (χ3v) is 5.93. The predicted octanol–water partition coefficient (Wildman–Crippen LogP) is 4.64. The van der Waals surface area contributed by atoms with Crippen LogP contribution >= 0.6 is 0 Å². The van der Waals surface area contributed by atoms with Crippen LogP contribution in [0.15, 0.2) is 65.0 Å². The molecule has 218 valence electrons. The van der Waals surface area contributed by atoms with Crippen molar-refractivity contribution < 1.29 is 48.7 Å². The van der Waals surface area contributed by atoms with Gasteiger partial charge in [0.1, 0.15) is 5.82 Å². The van der Waals surface area contributed by atoms with E-state index in [-0.39, 0.29) is 23.6 Å². The second-order valence-electron chi connectivity index (χ2n) is 7.94. The van der Waals surface area contributed by atoms with E-state index in [4.69, 9.17) is 15.6 Å². The average Bonchev–Trinajstić information content (AvgIpc) is 2.88. The zero-order chi connectivity index (χ0) is 30.8. The standard InChI is InChI=1S/C23H17F7N6O4S/c1-36(15-4-2-14(24)3-5-15)21(37)40-20-16(6-13(22(25,26)27)7-17(20)23(28,29)30)12(8-31)9-33-18-10-35-19(11-34-18)41(32,38)39/h2-11H,31H2,1H3,(H2,32,38,39). The fraction of sp³-hybridized carbons (Fsp3) is 0.130. The SMILES string of the molecule is CN(C(=O)Oc1c(C(C=Nc2cnc(S(N)(=O)=O)cn2)=CN)cc(C(F)(F)F)cc1C(F)(F)F)c1ccc(F)cc1.